The summed E-state index contributed by atoms with van der Waals surface area (Å²) in [5.41, 5.74) is 2.33. The zero-order valence-corrected chi connectivity index (χ0v) is 15.4. The fourth-order valence-electron chi connectivity index (χ4n) is 3.38. The number of aromatic amines is 2. The zero-order chi connectivity index (χ0) is 19.8. The molecule has 2 aromatic heterocycles. The smallest absolute Gasteiger partial charge is 0.355 e. The van der Waals surface area contributed by atoms with Crippen LogP contribution in [0.5, 0.6) is 0 Å². The number of pyridine rings is 1. The van der Waals surface area contributed by atoms with E-state index in [1.165, 1.54) is 13.0 Å². The molecule has 0 saturated carbocycles. The van der Waals surface area contributed by atoms with E-state index in [2.05, 4.69) is 9.97 Å². The van der Waals surface area contributed by atoms with Crippen LogP contribution in [0, 0.1) is 6.92 Å². The van der Waals surface area contributed by atoms with Crippen molar-refractivity contribution in [1.29, 1.82) is 0 Å². The van der Waals surface area contributed by atoms with Crippen molar-refractivity contribution in [2.45, 2.75) is 20.0 Å². The van der Waals surface area contributed by atoms with Crippen LogP contribution < -0.4 is 5.43 Å². The zero-order valence-electron chi connectivity index (χ0n) is 15.4. The van der Waals surface area contributed by atoms with Crippen LogP contribution in [0.1, 0.15) is 33.5 Å². The van der Waals surface area contributed by atoms with Gasteiger partial charge in [0, 0.05) is 39.1 Å². The minimum atomic E-state index is -1.000. The van der Waals surface area contributed by atoms with Crippen LogP contribution in [-0.4, -0.2) is 27.8 Å². The fraction of sp³-hybridized carbons (Fsp3) is 0.136. The second-order valence-corrected chi connectivity index (χ2v) is 6.68. The third-order valence-corrected chi connectivity index (χ3v) is 4.75. The highest BCUT2D eigenvalue weighted by atomic mass is 16.5. The summed E-state index contributed by atoms with van der Waals surface area (Å²) >= 11 is 0. The van der Waals surface area contributed by atoms with Crippen LogP contribution in [0.2, 0.25) is 0 Å². The van der Waals surface area contributed by atoms with Crippen molar-refractivity contribution in [3.63, 3.8) is 0 Å². The molecular formula is C22H18N2O4. The van der Waals surface area contributed by atoms with E-state index in [1.807, 2.05) is 31.2 Å². The van der Waals surface area contributed by atoms with Gasteiger partial charge in [0.15, 0.2) is 11.5 Å². The van der Waals surface area contributed by atoms with Crippen LogP contribution in [0.4, 0.5) is 0 Å². The van der Waals surface area contributed by atoms with Crippen molar-refractivity contribution in [2.24, 2.45) is 0 Å². The van der Waals surface area contributed by atoms with Crippen LogP contribution in [0.3, 0.4) is 0 Å². The Morgan fingerprint density at radius 2 is 1.54 bits per heavy atom. The molecule has 140 valence electrons. The minimum Gasteiger partial charge on any atom is -0.450 e. The third-order valence-electron chi connectivity index (χ3n) is 4.75. The number of nitrogens with one attached hydrogen (secondary N) is 2. The Labute approximate surface area is 160 Å². The van der Waals surface area contributed by atoms with Gasteiger partial charge in [0.2, 0.25) is 5.78 Å². The number of hydrogen-bond donors (Lipinski definition) is 2. The number of aromatic nitrogens is 2. The van der Waals surface area contributed by atoms with E-state index >= 15 is 0 Å². The van der Waals surface area contributed by atoms with Crippen molar-refractivity contribution < 1.29 is 14.3 Å². The lowest BCUT2D eigenvalue weighted by atomic mass is 10.0. The summed E-state index contributed by atoms with van der Waals surface area (Å²) < 4.78 is 5.36. The summed E-state index contributed by atoms with van der Waals surface area (Å²) in [4.78, 5) is 43.7. The van der Waals surface area contributed by atoms with E-state index in [0.29, 0.717) is 22.2 Å². The van der Waals surface area contributed by atoms with Gasteiger partial charge in [0.05, 0.1) is 0 Å². The van der Waals surface area contributed by atoms with Crippen LogP contribution in [-0.2, 0) is 4.74 Å². The number of esters is 1. The predicted molar refractivity (Wildman–Crippen MR) is 107 cm³/mol. The molecule has 4 aromatic rings. The molecule has 0 amide bonds. The quantitative estimate of drug-likeness (QED) is 0.420. The summed E-state index contributed by atoms with van der Waals surface area (Å²) in [6.07, 6.45) is -1.000. The molecule has 2 aromatic carbocycles. The van der Waals surface area contributed by atoms with Crippen molar-refractivity contribution in [3.8, 4) is 0 Å². The Morgan fingerprint density at radius 1 is 0.929 bits per heavy atom. The molecule has 0 aliphatic heterocycles. The molecule has 0 saturated heterocycles. The van der Waals surface area contributed by atoms with Crippen molar-refractivity contribution in [2.75, 3.05) is 0 Å². The fourth-order valence-corrected chi connectivity index (χ4v) is 3.38. The topological polar surface area (TPSA) is 92.0 Å². The molecular weight excluding hydrogens is 356 g/mol. The molecule has 0 aliphatic rings. The highest BCUT2D eigenvalue weighted by molar-refractivity contribution is 6.11. The molecule has 0 aliphatic carbocycles. The molecule has 6 heteroatoms. The van der Waals surface area contributed by atoms with Gasteiger partial charge in [0.25, 0.3) is 0 Å². The van der Waals surface area contributed by atoms with E-state index < -0.39 is 12.1 Å². The van der Waals surface area contributed by atoms with Crippen molar-refractivity contribution in [1.82, 2.24) is 9.97 Å². The highest BCUT2D eigenvalue weighted by Gasteiger charge is 2.25. The number of para-hydroxylation sites is 2. The number of carbonyl (C=O) groups is 2. The second-order valence-electron chi connectivity index (χ2n) is 6.68. The van der Waals surface area contributed by atoms with Gasteiger partial charge in [-0.15, -0.1) is 0 Å². The van der Waals surface area contributed by atoms with Crippen LogP contribution >= 0.6 is 0 Å². The molecule has 2 N–H and O–H groups in total. The molecule has 0 unspecified atom stereocenters. The number of ether oxygens (including phenoxy) is 1. The number of hydrogen-bond acceptors (Lipinski definition) is 4. The van der Waals surface area contributed by atoms with Gasteiger partial charge in [0.1, 0.15) is 5.69 Å². The molecule has 0 bridgehead atoms. The van der Waals surface area contributed by atoms with Gasteiger partial charge < -0.3 is 14.7 Å². The van der Waals surface area contributed by atoms with Gasteiger partial charge in [-0.25, -0.2) is 4.79 Å². The molecule has 0 spiro atoms. The van der Waals surface area contributed by atoms with E-state index in [9.17, 15) is 14.4 Å². The largest absolute Gasteiger partial charge is 0.450 e. The maximum Gasteiger partial charge on any atom is 0.355 e. The van der Waals surface area contributed by atoms with E-state index in [1.54, 1.807) is 24.3 Å². The summed E-state index contributed by atoms with van der Waals surface area (Å²) in [6, 6.07) is 15.6. The highest BCUT2D eigenvalue weighted by Crippen LogP contribution is 2.24. The Balaban J connectivity index is 1.62. The monoisotopic (exact) mass is 374 g/mol. The predicted octanol–water partition coefficient (Wildman–Crippen LogP) is 3.75. The summed E-state index contributed by atoms with van der Waals surface area (Å²) in [5, 5.41) is 1.27. The van der Waals surface area contributed by atoms with E-state index in [4.69, 9.17) is 4.74 Å². The van der Waals surface area contributed by atoms with E-state index in [0.717, 1.165) is 10.9 Å². The lowest BCUT2D eigenvalue weighted by Gasteiger charge is -2.13. The van der Waals surface area contributed by atoms with Gasteiger partial charge in [-0.05, 0) is 32.0 Å². The van der Waals surface area contributed by atoms with Gasteiger partial charge >= 0.3 is 5.97 Å². The maximum atomic E-state index is 12.9. The second kappa shape index (κ2) is 6.81. The maximum absolute atomic E-state index is 12.9. The van der Waals surface area contributed by atoms with Crippen molar-refractivity contribution in [3.05, 3.63) is 81.8 Å². The lowest BCUT2D eigenvalue weighted by Crippen LogP contribution is -2.26. The van der Waals surface area contributed by atoms with Gasteiger partial charge in [-0.1, -0.05) is 30.3 Å². The number of carbonyl (C=O) groups excluding carboxylic acids is 2. The number of H-pyrrole nitrogens is 2. The first kappa shape index (κ1) is 17.7. The summed E-state index contributed by atoms with van der Waals surface area (Å²) in [7, 11) is 0. The Hall–Kier alpha value is -3.67. The standard InChI is InChI=1S/C22H18N2O4/c1-12-20(15-8-4-6-10-17(15)23-12)21(26)13(2)28-22(27)18-11-19(25)14-7-3-5-9-16(14)24-18/h3-11,13,23H,1-2H3,(H,24,25)/t13-/m0/s1. The first-order valence-electron chi connectivity index (χ1n) is 8.90. The Morgan fingerprint density at radius 3 is 2.25 bits per heavy atom. The third kappa shape index (κ3) is 2.99. The van der Waals surface area contributed by atoms with Crippen LogP contribution in [0.25, 0.3) is 21.8 Å². The average molecular weight is 374 g/mol. The molecule has 2 heterocycles. The molecule has 28 heavy (non-hydrogen) atoms. The Bertz CT molecular complexity index is 1280. The molecule has 0 fully saturated rings. The molecule has 1 atom stereocenters. The summed E-state index contributed by atoms with van der Waals surface area (Å²) in [5.74, 6) is -1.05. The summed E-state index contributed by atoms with van der Waals surface area (Å²) in [6.45, 7) is 3.34. The lowest BCUT2D eigenvalue weighted by molar-refractivity contribution is 0.0313. The number of aryl methyl sites for hydroxylation is 1. The SMILES string of the molecule is Cc1[nH]c2ccccc2c1C(=O)[C@H](C)OC(=O)c1cc(=O)c2ccccc2[nH]1. The normalized spacial score (nSPS) is 12.2. The average Bonchev–Trinajstić information content (AvgIpc) is 3.02. The van der Waals surface area contributed by atoms with Crippen molar-refractivity contribution >= 4 is 33.6 Å². The first-order chi connectivity index (χ1) is 13.5. The van der Waals surface area contributed by atoms with Gasteiger partial charge in [-0.2, -0.15) is 0 Å². The number of rotatable bonds is 4. The minimum absolute atomic E-state index is 0.0130. The number of fused-ring (bicyclic) bond motifs is 2. The molecule has 6 nitrogen and oxygen atoms in total. The molecule has 4 rings (SSSR count). The number of ketones is 1. The van der Waals surface area contributed by atoms with Gasteiger partial charge in [-0.3, -0.25) is 9.59 Å². The number of Topliss-reactive ketones (excluding diaryl/α,β-unsaturated/α-hetero) is 1. The number of benzene rings is 2. The molecule has 0 radical (unpaired) electrons. The van der Waals surface area contributed by atoms with Crippen LogP contribution in [0.15, 0.2) is 59.4 Å². The first-order valence-corrected chi connectivity index (χ1v) is 8.90. The Kier molecular flexibility index (Phi) is 4.31. The van der Waals surface area contributed by atoms with E-state index in [-0.39, 0.29) is 16.9 Å².